The van der Waals surface area contributed by atoms with Crippen LogP contribution in [0.15, 0.2) is 96.4 Å². The molecule has 3 aromatic rings. The van der Waals surface area contributed by atoms with E-state index in [1.165, 1.54) is 0 Å². The van der Waals surface area contributed by atoms with E-state index in [-0.39, 0.29) is 17.7 Å². The van der Waals surface area contributed by atoms with Crippen LogP contribution in [0.2, 0.25) is 0 Å². The van der Waals surface area contributed by atoms with Gasteiger partial charge < -0.3 is 4.90 Å². The van der Waals surface area contributed by atoms with E-state index in [4.69, 9.17) is 0 Å². The minimum atomic E-state index is -1.47. The highest BCUT2D eigenvalue weighted by Gasteiger charge is 2.57. The third kappa shape index (κ3) is 2.65. The zero-order valence-electron chi connectivity index (χ0n) is 18.8. The van der Waals surface area contributed by atoms with Crippen molar-refractivity contribution in [2.24, 2.45) is 0 Å². The fourth-order valence-corrected chi connectivity index (χ4v) is 5.27. The number of carbonyl (C=O) groups is 3. The van der Waals surface area contributed by atoms with Crippen LogP contribution in [0, 0.1) is 0 Å². The lowest BCUT2D eigenvalue weighted by atomic mass is 9.77. The number of nitrogens with zero attached hydrogens (tertiary/aromatic N) is 3. The van der Waals surface area contributed by atoms with Gasteiger partial charge in [-0.1, -0.05) is 60.7 Å². The third-order valence-corrected chi connectivity index (χ3v) is 7.05. The molecule has 0 bridgehead atoms. The van der Waals surface area contributed by atoms with Gasteiger partial charge in [0.05, 0.1) is 22.6 Å². The maximum Gasteiger partial charge on any atom is 0.260 e. The van der Waals surface area contributed by atoms with Crippen molar-refractivity contribution in [3.63, 3.8) is 0 Å². The molecule has 2 fully saturated rings. The van der Waals surface area contributed by atoms with Gasteiger partial charge in [0.15, 0.2) is 5.41 Å². The number of anilines is 2. The second-order valence-electron chi connectivity index (χ2n) is 8.96. The summed E-state index contributed by atoms with van der Waals surface area (Å²) in [7, 11) is 0. The van der Waals surface area contributed by atoms with E-state index >= 15 is 0 Å². The van der Waals surface area contributed by atoms with Crippen molar-refractivity contribution in [3.8, 4) is 0 Å². The summed E-state index contributed by atoms with van der Waals surface area (Å²) in [6.45, 7) is 2.24. The number of hydrogen-bond acceptors (Lipinski definition) is 3. The summed E-state index contributed by atoms with van der Waals surface area (Å²) in [5, 5.41) is 0. The van der Waals surface area contributed by atoms with Crippen LogP contribution >= 0.6 is 0 Å². The number of para-hydroxylation sites is 2. The van der Waals surface area contributed by atoms with Crippen molar-refractivity contribution < 1.29 is 14.4 Å². The highest BCUT2D eigenvalue weighted by atomic mass is 16.2. The number of benzene rings is 3. The van der Waals surface area contributed by atoms with E-state index in [0.29, 0.717) is 47.0 Å². The van der Waals surface area contributed by atoms with Gasteiger partial charge in [0, 0.05) is 6.54 Å². The van der Waals surface area contributed by atoms with Gasteiger partial charge in [-0.25, -0.2) is 0 Å². The van der Waals surface area contributed by atoms with E-state index in [1.807, 2.05) is 72.8 Å². The highest BCUT2D eigenvalue weighted by Crippen LogP contribution is 2.46. The van der Waals surface area contributed by atoms with Crippen molar-refractivity contribution >= 4 is 29.1 Å². The summed E-state index contributed by atoms with van der Waals surface area (Å²) in [5.74, 6) is -0.357. The Morgan fingerprint density at radius 1 is 0.735 bits per heavy atom. The Hall–Kier alpha value is -4.19. The predicted octanol–water partition coefficient (Wildman–Crippen LogP) is 4.44. The topological polar surface area (TPSA) is 60.9 Å². The quantitative estimate of drug-likeness (QED) is 0.544. The van der Waals surface area contributed by atoms with E-state index in [1.54, 1.807) is 33.8 Å². The minimum absolute atomic E-state index is 0.139. The van der Waals surface area contributed by atoms with Gasteiger partial charge in [-0.05, 0) is 49.6 Å². The first-order valence-corrected chi connectivity index (χ1v) is 11.5. The van der Waals surface area contributed by atoms with E-state index in [2.05, 4.69) is 0 Å². The van der Waals surface area contributed by atoms with Crippen LogP contribution < -0.4 is 9.80 Å². The van der Waals surface area contributed by atoms with Crippen LogP contribution in [-0.4, -0.2) is 29.2 Å². The fourth-order valence-electron chi connectivity index (χ4n) is 5.27. The normalized spacial score (nSPS) is 21.9. The largest absolute Gasteiger partial charge is 0.308 e. The van der Waals surface area contributed by atoms with Gasteiger partial charge in [-0.3, -0.25) is 24.2 Å². The number of allylic oxidation sites excluding steroid dienone is 1. The maximum absolute atomic E-state index is 14.4. The number of amides is 3. The summed E-state index contributed by atoms with van der Waals surface area (Å²) in [6, 6.07) is 25.7. The molecule has 3 aliphatic rings. The third-order valence-electron chi connectivity index (χ3n) is 7.05. The molecule has 0 saturated carbocycles. The van der Waals surface area contributed by atoms with Crippen molar-refractivity contribution in [3.05, 3.63) is 108 Å². The molecule has 6 rings (SSSR count). The molecule has 1 atom stereocenters. The van der Waals surface area contributed by atoms with Gasteiger partial charge in [-0.15, -0.1) is 0 Å². The smallest absolute Gasteiger partial charge is 0.260 e. The summed E-state index contributed by atoms with van der Waals surface area (Å²) in [5.41, 5.74) is 1.49. The van der Waals surface area contributed by atoms with Crippen molar-refractivity contribution in [1.82, 2.24) is 4.90 Å². The summed E-state index contributed by atoms with van der Waals surface area (Å²) in [6.07, 6.45) is 1.39. The molecule has 3 aliphatic heterocycles. The Balaban J connectivity index is 1.70. The molecule has 0 spiro atoms. The van der Waals surface area contributed by atoms with Crippen LogP contribution in [0.5, 0.6) is 0 Å². The molecule has 3 heterocycles. The molecule has 2 saturated heterocycles. The molecule has 0 aliphatic carbocycles. The first kappa shape index (κ1) is 20.4. The molecule has 168 valence electrons. The highest BCUT2D eigenvalue weighted by molar-refractivity contribution is 6.27. The zero-order valence-corrected chi connectivity index (χ0v) is 18.8. The molecule has 6 heteroatoms. The molecule has 0 aromatic heterocycles. The average Bonchev–Trinajstić information content (AvgIpc) is 3.34. The standard InChI is InChI=1S/C28H23N3O3/c1-28(19-11-4-2-5-12-19)26(33)30(20-13-6-3-7-14-20)24-23-17-10-18-29(23)25(32)21-15-8-9-16-22(21)31(24)27(28)34/h2-9,11-16H,10,17-18H2,1H3. The van der Waals surface area contributed by atoms with Crippen molar-refractivity contribution in [1.29, 1.82) is 0 Å². The first-order chi connectivity index (χ1) is 16.5. The number of carbonyl (C=O) groups excluding carboxylic acids is 3. The molecule has 34 heavy (non-hydrogen) atoms. The Kier molecular flexibility index (Phi) is 4.45. The number of rotatable bonds is 2. The number of hydrogen-bond donors (Lipinski definition) is 0. The van der Waals surface area contributed by atoms with Gasteiger partial charge in [0.2, 0.25) is 0 Å². The summed E-state index contributed by atoms with van der Waals surface area (Å²) >= 11 is 0. The van der Waals surface area contributed by atoms with Gasteiger partial charge >= 0.3 is 0 Å². The van der Waals surface area contributed by atoms with Crippen LogP contribution in [0.4, 0.5) is 11.4 Å². The lowest BCUT2D eigenvalue weighted by Crippen LogP contribution is -2.63. The Morgan fingerprint density at radius 3 is 2.09 bits per heavy atom. The summed E-state index contributed by atoms with van der Waals surface area (Å²) in [4.78, 5) is 47.3. The van der Waals surface area contributed by atoms with E-state index in [9.17, 15) is 14.4 Å². The van der Waals surface area contributed by atoms with Crippen LogP contribution in [0.25, 0.3) is 0 Å². The van der Waals surface area contributed by atoms with Crippen molar-refractivity contribution in [2.45, 2.75) is 25.2 Å². The molecule has 3 aromatic carbocycles. The Morgan fingerprint density at radius 2 is 1.35 bits per heavy atom. The van der Waals surface area contributed by atoms with Crippen molar-refractivity contribution in [2.75, 3.05) is 16.3 Å². The van der Waals surface area contributed by atoms with Crippen LogP contribution in [0.3, 0.4) is 0 Å². The first-order valence-electron chi connectivity index (χ1n) is 11.5. The average molecular weight is 450 g/mol. The van der Waals surface area contributed by atoms with E-state index in [0.717, 1.165) is 6.42 Å². The van der Waals surface area contributed by atoms with Gasteiger partial charge in [-0.2, -0.15) is 0 Å². The molecular weight excluding hydrogens is 426 g/mol. The molecular formula is C28H23N3O3. The molecule has 1 unspecified atom stereocenters. The lowest BCUT2D eigenvalue weighted by molar-refractivity contribution is -0.135. The molecule has 0 radical (unpaired) electrons. The lowest BCUT2D eigenvalue weighted by Gasteiger charge is -2.46. The predicted molar refractivity (Wildman–Crippen MR) is 129 cm³/mol. The Labute approximate surface area is 197 Å². The Bertz CT molecular complexity index is 1370. The minimum Gasteiger partial charge on any atom is -0.308 e. The summed E-state index contributed by atoms with van der Waals surface area (Å²) < 4.78 is 0. The van der Waals surface area contributed by atoms with Gasteiger partial charge in [0.25, 0.3) is 17.7 Å². The maximum atomic E-state index is 14.4. The second kappa shape index (κ2) is 7.42. The molecule has 3 amide bonds. The van der Waals surface area contributed by atoms with E-state index < -0.39 is 5.41 Å². The zero-order chi connectivity index (χ0) is 23.4. The monoisotopic (exact) mass is 449 g/mol. The SMILES string of the molecule is CC1(c2ccccc2)C(=O)N(c2ccccc2)C2=C3CCCN3C(=O)c3ccccc3N2C1=O. The molecule has 6 nitrogen and oxygen atoms in total. The van der Waals surface area contributed by atoms with Gasteiger partial charge in [0.1, 0.15) is 5.82 Å². The fraction of sp³-hybridized carbons (Fsp3) is 0.179. The molecule has 0 N–H and O–H groups in total. The van der Waals surface area contributed by atoms with Crippen LogP contribution in [-0.2, 0) is 15.0 Å². The van der Waals surface area contributed by atoms with Crippen LogP contribution in [0.1, 0.15) is 35.7 Å². The number of fused-ring (bicyclic) bond motifs is 4. The second-order valence-corrected chi connectivity index (χ2v) is 8.96.